The van der Waals surface area contributed by atoms with E-state index in [0.717, 1.165) is 13.0 Å². The van der Waals surface area contributed by atoms with E-state index in [9.17, 15) is 4.79 Å². The Balaban J connectivity index is 2.08. The van der Waals surface area contributed by atoms with Crippen molar-refractivity contribution in [2.45, 2.75) is 12.5 Å². The molecule has 3 atom stereocenters. The van der Waals surface area contributed by atoms with Gasteiger partial charge in [-0.15, -0.1) is 0 Å². The SMILES string of the molecule is O=C(O)[C@@H]1CCN[C@@H]2COC[C@@H]21. The van der Waals surface area contributed by atoms with Gasteiger partial charge in [-0.3, -0.25) is 4.79 Å². The van der Waals surface area contributed by atoms with Crippen molar-refractivity contribution in [2.75, 3.05) is 19.8 Å². The maximum absolute atomic E-state index is 10.8. The van der Waals surface area contributed by atoms with Gasteiger partial charge >= 0.3 is 5.97 Å². The van der Waals surface area contributed by atoms with Crippen LogP contribution in [0.3, 0.4) is 0 Å². The van der Waals surface area contributed by atoms with Crippen LogP contribution in [0.5, 0.6) is 0 Å². The van der Waals surface area contributed by atoms with Crippen molar-refractivity contribution in [1.82, 2.24) is 5.32 Å². The normalized spacial score (nSPS) is 40.8. The number of hydrogen-bond donors (Lipinski definition) is 2. The highest BCUT2D eigenvalue weighted by Crippen LogP contribution is 2.28. The summed E-state index contributed by atoms with van der Waals surface area (Å²) in [6, 6.07) is 0.278. The average Bonchev–Trinajstić information content (AvgIpc) is 2.49. The summed E-state index contributed by atoms with van der Waals surface area (Å²) in [6.45, 7) is 2.09. The van der Waals surface area contributed by atoms with Crippen molar-refractivity contribution >= 4 is 5.97 Å². The zero-order chi connectivity index (χ0) is 8.55. The fourth-order valence-electron chi connectivity index (χ4n) is 2.12. The first-order valence-electron chi connectivity index (χ1n) is 4.33. The Bertz CT molecular complexity index is 195. The van der Waals surface area contributed by atoms with Crippen molar-refractivity contribution in [3.63, 3.8) is 0 Å². The Labute approximate surface area is 70.9 Å². The first-order chi connectivity index (χ1) is 5.79. The molecule has 0 amide bonds. The molecule has 0 saturated carbocycles. The Morgan fingerprint density at radius 1 is 1.50 bits per heavy atom. The van der Waals surface area contributed by atoms with Crippen molar-refractivity contribution in [2.24, 2.45) is 11.8 Å². The van der Waals surface area contributed by atoms with Crippen molar-refractivity contribution in [3.8, 4) is 0 Å². The highest BCUT2D eigenvalue weighted by atomic mass is 16.5. The van der Waals surface area contributed by atoms with Gasteiger partial charge in [0.05, 0.1) is 19.1 Å². The first-order valence-corrected chi connectivity index (χ1v) is 4.33. The van der Waals surface area contributed by atoms with E-state index in [-0.39, 0.29) is 17.9 Å². The van der Waals surface area contributed by atoms with E-state index in [4.69, 9.17) is 9.84 Å². The minimum absolute atomic E-state index is 0.191. The van der Waals surface area contributed by atoms with Crippen LogP contribution in [0.4, 0.5) is 0 Å². The van der Waals surface area contributed by atoms with Gasteiger partial charge in [-0.1, -0.05) is 0 Å². The lowest BCUT2D eigenvalue weighted by atomic mass is 9.83. The van der Waals surface area contributed by atoms with Crippen molar-refractivity contribution in [1.29, 1.82) is 0 Å². The molecule has 0 aromatic carbocycles. The molecular formula is C8H13NO3. The van der Waals surface area contributed by atoms with Crippen LogP contribution in [0.1, 0.15) is 6.42 Å². The third-order valence-electron chi connectivity index (χ3n) is 2.82. The second kappa shape index (κ2) is 3.03. The summed E-state index contributed by atoms with van der Waals surface area (Å²) in [5.74, 6) is -0.674. The van der Waals surface area contributed by atoms with Gasteiger partial charge in [0.15, 0.2) is 0 Å². The van der Waals surface area contributed by atoms with Gasteiger partial charge in [0.25, 0.3) is 0 Å². The lowest BCUT2D eigenvalue weighted by Gasteiger charge is -2.30. The Morgan fingerprint density at radius 3 is 3.08 bits per heavy atom. The van der Waals surface area contributed by atoms with E-state index in [1.807, 2.05) is 0 Å². The number of nitrogens with one attached hydrogen (secondary N) is 1. The second-order valence-corrected chi connectivity index (χ2v) is 3.50. The van der Waals surface area contributed by atoms with E-state index in [0.29, 0.717) is 13.2 Å². The Morgan fingerprint density at radius 2 is 2.33 bits per heavy atom. The maximum Gasteiger partial charge on any atom is 0.306 e. The number of carboxylic acids is 1. The molecule has 2 fully saturated rings. The van der Waals surface area contributed by atoms with Crippen molar-refractivity contribution < 1.29 is 14.6 Å². The lowest BCUT2D eigenvalue weighted by Crippen LogP contribution is -2.47. The number of ether oxygens (including phenoxy) is 1. The average molecular weight is 171 g/mol. The summed E-state index contributed by atoms with van der Waals surface area (Å²) in [6.07, 6.45) is 0.736. The first kappa shape index (κ1) is 8.01. The van der Waals surface area contributed by atoms with Gasteiger partial charge in [-0.2, -0.15) is 0 Å². The number of rotatable bonds is 1. The van der Waals surface area contributed by atoms with Gasteiger partial charge in [-0.25, -0.2) is 0 Å². The van der Waals surface area contributed by atoms with E-state index in [2.05, 4.69) is 5.32 Å². The zero-order valence-corrected chi connectivity index (χ0v) is 6.82. The summed E-state index contributed by atoms with van der Waals surface area (Å²) in [4.78, 5) is 10.8. The molecule has 4 heteroatoms. The smallest absolute Gasteiger partial charge is 0.306 e. The van der Waals surface area contributed by atoms with Gasteiger partial charge in [0, 0.05) is 12.0 Å². The number of carboxylic acid groups (broad SMARTS) is 1. The highest BCUT2D eigenvalue weighted by molar-refractivity contribution is 5.70. The molecule has 0 aliphatic carbocycles. The topological polar surface area (TPSA) is 58.6 Å². The molecule has 0 aromatic heterocycles. The molecular weight excluding hydrogens is 158 g/mol. The minimum atomic E-state index is -0.669. The van der Waals surface area contributed by atoms with E-state index in [1.165, 1.54) is 0 Å². The summed E-state index contributed by atoms with van der Waals surface area (Å²) in [7, 11) is 0. The highest BCUT2D eigenvalue weighted by Gasteiger charge is 2.40. The maximum atomic E-state index is 10.8. The number of carbonyl (C=O) groups is 1. The predicted octanol–water partition coefficient (Wildman–Crippen LogP) is -0.304. The summed E-state index contributed by atoms with van der Waals surface area (Å²) in [5.41, 5.74) is 0. The molecule has 2 aliphatic heterocycles. The van der Waals surface area contributed by atoms with Crippen LogP contribution in [-0.2, 0) is 9.53 Å². The lowest BCUT2D eigenvalue weighted by molar-refractivity contribution is -0.144. The summed E-state index contributed by atoms with van der Waals surface area (Å²) < 4.78 is 5.25. The molecule has 2 rings (SSSR count). The molecule has 2 heterocycles. The van der Waals surface area contributed by atoms with Gasteiger partial charge in [-0.05, 0) is 13.0 Å². The third-order valence-corrected chi connectivity index (χ3v) is 2.82. The number of fused-ring (bicyclic) bond motifs is 1. The molecule has 0 radical (unpaired) electrons. The van der Waals surface area contributed by atoms with Gasteiger partial charge in [0.2, 0.25) is 0 Å². The van der Waals surface area contributed by atoms with Crippen LogP contribution in [0.25, 0.3) is 0 Å². The van der Waals surface area contributed by atoms with Crippen LogP contribution in [-0.4, -0.2) is 36.9 Å². The van der Waals surface area contributed by atoms with Crippen LogP contribution in [0.2, 0.25) is 0 Å². The standard InChI is InChI=1S/C8H13NO3/c10-8(11)5-1-2-9-7-4-12-3-6(5)7/h5-7,9H,1-4H2,(H,10,11)/t5-,6-,7-/m1/s1. The number of aliphatic carboxylic acids is 1. The van der Waals surface area contributed by atoms with E-state index < -0.39 is 5.97 Å². The molecule has 2 N–H and O–H groups in total. The van der Waals surface area contributed by atoms with E-state index in [1.54, 1.807) is 0 Å². The molecule has 0 unspecified atom stereocenters. The molecule has 0 aromatic rings. The number of hydrogen-bond acceptors (Lipinski definition) is 3. The summed E-state index contributed by atoms with van der Waals surface area (Å²) in [5, 5.41) is 12.2. The van der Waals surface area contributed by atoms with Gasteiger partial charge in [0.1, 0.15) is 0 Å². The molecule has 4 nitrogen and oxygen atoms in total. The van der Waals surface area contributed by atoms with Gasteiger partial charge < -0.3 is 15.2 Å². The molecule has 12 heavy (non-hydrogen) atoms. The number of piperidine rings is 1. The monoisotopic (exact) mass is 171 g/mol. The molecule has 2 saturated heterocycles. The van der Waals surface area contributed by atoms with Crippen molar-refractivity contribution in [3.05, 3.63) is 0 Å². The van der Waals surface area contributed by atoms with Crippen LogP contribution >= 0.6 is 0 Å². The van der Waals surface area contributed by atoms with Crippen LogP contribution in [0, 0.1) is 11.8 Å². The fourth-order valence-corrected chi connectivity index (χ4v) is 2.12. The molecule has 68 valence electrons. The zero-order valence-electron chi connectivity index (χ0n) is 6.82. The predicted molar refractivity (Wildman–Crippen MR) is 41.8 cm³/mol. The molecule has 0 bridgehead atoms. The Kier molecular flexibility index (Phi) is 2.02. The summed E-state index contributed by atoms with van der Waals surface area (Å²) >= 11 is 0. The minimum Gasteiger partial charge on any atom is -0.481 e. The fraction of sp³-hybridized carbons (Fsp3) is 0.875. The molecule has 0 spiro atoms. The van der Waals surface area contributed by atoms with Crippen LogP contribution < -0.4 is 5.32 Å². The largest absolute Gasteiger partial charge is 0.481 e. The molecule has 2 aliphatic rings. The van der Waals surface area contributed by atoms with Crippen LogP contribution in [0.15, 0.2) is 0 Å². The third kappa shape index (κ3) is 1.21. The quantitative estimate of drug-likeness (QED) is 0.568. The second-order valence-electron chi connectivity index (χ2n) is 3.50. The Hall–Kier alpha value is -0.610. The van der Waals surface area contributed by atoms with E-state index >= 15 is 0 Å².